The van der Waals surface area contributed by atoms with Crippen LogP contribution in [0.2, 0.25) is 0 Å². The van der Waals surface area contributed by atoms with E-state index in [0.717, 1.165) is 47.4 Å². The van der Waals surface area contributed by atoms with Gasteiger partial charge in [-0.1, -0.05) is 30.3 Å². The summed E-state index contributed by atoms with van der Waals surface area (Å²) in [6, 6.07) is 16.1. The molecule has 3 aromatic rings. The Morgan fingerprint density at radius 2 is 1.95 bits per heavy atom. The highest BCUT2D eigenvalue weighted by Gasteiger charge is 2.52. The van der Waals surface area contributed by atoms with Crippen LogP contribution < -0.4 is 10.2 Å². The summed E-state index contributed by atoms with van der Waals surface area (Å²) in [5.74, 6) is 0.658. The molecule has 3 atom stereocenters. The number of nitrogens with one attached hydrogen (secondary N) is 1. The van der Waals surface area contributed by atoms with Crippen molar-refractivity contribution in [1.29, 1.82) is 0 Å². The lowest BCUT2D eigenvalue weighted by Gasteiger charge is -2.43. The Bertz CT molecular complexity index is 1290. The summed E-state index contributed by atoms with van der Waals surface area (Å²) < 4.78 is 17.6. The van der Waals surface area contributed by atoms with Crippen molar-refractivity contribution in [2.75, 3.05) is 0 Å². The zero-order chi connectivity index (χ0) is 26.9. The van der Waals surface area contributed by atoms with Crippen molar-refractivity contribution in [3.63, 3.8) is 0 Å². The second-order valence-electron chi connectivity index (χ2n) is 11.4. The number of ether oxygens (including phenoxy) is 2. The molecule has 0 saturated heterocycles. The molecule has 2 aromatic carbocycles. The molecule has 38 heavy (non-hydrogen) atoms. The molecule has 1 aromatic heterocycles. The zero-order valence-corrected chi connectivity index (χ0v) is 22.7. The maximum Gasteiger partial charge on any atom is 0.310 e. The number of benzene rings is 2. The number of oxazole rings is 1. The first-order valence-corrected chi connectivity index (χ1v) is 13.3. The van der Waals surface area contributed by atoms with E-state index in [1.54, 1.807) is 6.20 Å². The highest BCUT2D eigenvalue weighted by atomic mass is 16.7. The van der Waals surface area contributed by atoms with Crippen LogP contribution >= 0.6 is 0 Å². The van der Waals surface area contributed by atoms with E-state index in [1.807, 2.05) is 71.0 Å². The lowest BCUT2D eigenvalue weighted by Crippen LogP contribution is -2.47. The minimum absolute atomic E-state index is 0.00921. The highest BCUT2D eigenvalue weighted by Crippen LogP contribution is 2.51. The average molecular weight is 517 g/mol. The minimum atomic E-state index is -0.728. The number of rotatable bonds is 6. The molecule has 5 rings (SSSR count). The van der Waals surface area contributed by atoms with Gasteiger partial charge in [0.25, 0.3) is 0 Å². The van der Waals surface area contributed by atoms with E-state index in [0.29, 0.717) is 5.76 Å². The number of nitrogens with zero attached hydrogens (tertiary/aromatic N) is 1. The monoisotopic (exact) mass is 516 g/mol. The van der Waals surface area contributed by atoms with Gasteiger partial charge in [-0.2, -0.15) is 0 Å². The predicted octanol–water partition coefficient (Wildman–Crippen LogP) is 6.67. The minimum Gasteiger partial charge on any atom is -0.490 e. The van der Waals surface area contributed by atoms with Crippen molar-refractivity contribution in [2.45, 2.75) is 77.1 Å². The van der Waals surface area contributed by atoms with Gasteiger partial charge in [-0.3, -0.25) is 15.1 Å². The van der Waals surface area contributed by atoms with Gasteiger partial charge in [-0.05, 0) is 83.7 Å². The fourth-order valence-corrected chi connectivity index (χ4v) is 5.54. The van der Waals surface area contributed by atoms with Gasteiger partial charge in [0, 0.05) is 17.0 Å². The number of carbonyl (C=O) groups is 1. The molecule has 1 aliphatic heterocycles. The molecule has 0 amide bonds. The van der Waals surface area contributed by atoms with Gasteiger partial charge in [0.15, 0.2) is 12.2 Å². The van der Waals surface area contributed by atoms with E-state index in [4.69, 9.17) is 18.7 Å². The van der Waals surface area contributed by atoms with Crippen LogP contribution in [-0.2, 0) is 14.4 Å². The number of hydrogen-bond donors (Lipinski definition) is 1. The van der Waals surface area contributed by atoms with Gasteiger partial charge in [-0.15, -0.1) is 0 Å². The van der Waals surface area contributed by atoms with Crippen LogP contribution in [0.25, 0.3) is 17.0 Å². The quantitative estimate of drug-likeness (QED) is 0.366. The molecule has 2 aliphatic rings. The summed E-state index contributed by atoms with van der Waals surface area (Å²) in [4.78, 5) is 24.0. The summed E-state index contributed by atoms with van der Waals surface area (Å²) in [7, 11) is 0. The Kier molecular flexibility index (Phi) is 7.05. The second kappa shape index (κ2) is 10.3. The third-order valence-corrected chi connectivity index (χ3v) is 6.97. The van der Waals surface area contributed by atoms with Crippen LogP contribution in [-0.4, -0.2) is 28.3 Å². The normalized spacial score (nSPS) is 23.3. The summed E-state index contributed by atoms with van der Waals surface area (Å²) in [5.41, 5.74) is 5.50. The fourth-order valence-electron chi connectivity index (χ4n) is 5.54. The summed E-state index contributed by atoms with van der Waals surface area (Å²) >= 11 is 0. The van der Waals surface area contributed by atoms with Crippen molar-refractivity contribution in [3.8, 4) is 17.1 Å². The van der Waals surface area contributed by atoms with Crippen LogP contribution in [0.5, 0.6) is 5.75 Å². The van der Waals surface area contributed by atoms with E-state index >= 15 is 0 Å². The van der Waals surface area contributed by atoms with Gasteiger partial charge < -0.3 is 13.9 Å². The molecule has 1 fully saturated rings. The first-order valence-electron chi connectivity index (χ1n) is 13.3. The summed E-state index contributed by atoms with van der Waals surface area (Å²) in [5, 5.41) is 0. The predicted molar refractivity (Wildman–Crippen MR) is 145 cm³/mol. The first kappa shape index (κ1) is 26.0. The van der Waals surface area contributed by atoms with Crippen LogP contribution in [0, 0.1) is 5.92 Å². The van der Waals surface area contributed by atoms with Crippen molar-refractivity contribution in [1.82, 2.24) is 10.5 Å². The lowest BCUT2D eigenvalue weighted by atomic mass is 9.65. The molecule has 7 nitrogen and oxygen atoms in total. The van der Waals surface area contributed by atoms with Gasteiger partial charge in [0.1, 0.15) is 17.0 Å². The largest absolute Gasteiger partial charge is 0.490 e. The Morgan fingerprint density at radius 1 is 1.16 bits per heavy atom. The number of esters is 1. The van der Waals surface area contributed by atoms with Crippen LogP contribution in [0.15, 0.2) is 71.6 Å². The number of carbonyl (C=O) groups excluding carboxylic acids is 1. The molecular formula is C31H36N2O5. The van der Waals surface area contributed by atoms with Crippen molar-refractivity contribution in [3.05, 3.63) is 78.3 Å². The third-order valence-electron chi connectivity index (χ3n) is 6.97. The molecule has 1 N–H and O–H groups in total. The third kappa shape index (κ3) is 5.34. The first-order chi connectivity index (χ1) is 18.2. The lowest BCUT2D eigenvalue weighted by molar-refractivity contribution is -0.168. The van der Waals surface area contributed by atoms with Crippen LogP contribution in [0.4, 0.5) is 0 Å². The maximum absolute atomic E-state index is 13.5. The Balaban J connectivity index is 1.59. The summed E-state index contributed by atoms with van der Waals surface area (Å²) in [6.07, 6.45) is 7.58. The smallest absolute Gasteiger partial charge is 0.310 e. The molecule has 1 saturated carbocycles. The van der Waals surface area contributed by atoms with Gasteiger partial charge in [-0.25, -0.2) is 4.98 Å². The van der Waals surface area contributed by atoms with E-state index in [2.05, 4.69) is 28.7 Å². The van der Waals surface area contributed by atoms with Crippen molar-refractivity contribution >= 4 is 11.7 Å². The molecule has 0 bridgehead atoms. The summed E-state index contributed by atoms with van der Waals surface area (Å²) in [6.45, 7) is 9.72. The molecule has 200 valence electrons. The molecule has 1 aliphatic carbocycles. The Hall–Kier alpha value is -3.58. The molecule has 1 unspecified atom stereocenters. The van der Waals surface area contributed by atoms with E-state index in [1.165, 1.54) is 6.39 Å². The molecule has 2 heterocycles. The molecule has 1 spiro atoms. The van der Waals surface area contributed by atoms with Gasteiger partial charge in [0.05, 0.1) is 23.9 Å². The molecule has 0 radical (unpaired) electrons. The van der Waals surface area contributed by atoms with Gasteiger partial charge >= 0.3 is 5.97 Å². The topological polar surface area (TPSA) is 82.8 Å². The average Bonchev–Trinajstić information content (AvgIpc) is 3.55. The maximum atomic E-state index is 13.5. The van der Waals surface area contributed by atoms with E-state index in [9.17, 15) is 4.79 Å². The fraction of sp³-hybridized carbons (Fsp3) is 0.419. The molecule has 7 heteroatoms. The number of hydrogen-bond acceptors (Lipinski definition) is 7. The number of hydroxylamine groups is 1. The number of aromatic nitrogens is 1. The zero-order valence-electron chi connectivity index (χ0n) is 22.7. The Morgan fingerprint density at radius 3 is 2.63 bits per heavy atom. The highest BCUT2D eigenvalue weighted by molar-refractivity contribution is 5.78. The van der Waals surface area contributed by atoms with E-state index < -0.39 is 11.2 Å². The standard InChI is InChI=1S/C31H36N2O5/c1-20(2)36-26-14-13-22(27-18-32-19-35-27)16-24(26)25-17-31(38-33-25)15-9-12-23(29(34)37-30(3,4)5)28(31)21-10-7-6-8-11-21/h6-8,10-11,13-14,16-20,23,28,33H,9,12,15H2,1-5H3/t23?,28-,31+/m1/s1. The van der Waals surface area contributed by atoms with Crippen molar-refractivity contribution < 1.29 is 23.5 Å². The van der Waals surface area contributed by atoms with Gasteiger partial charge in [0.2, 0.25) is 0 Å². The van der Waals surface area contributed by atoms with E-state index in [-0.39, 0.29) is 23.9 Å². The Labute approximate surface area is 224 Å². The SMILES string of the molecule is CC(C)Oc1ccc(-c2cnco2)cc1C1=C[C@]2(CCCC(C(=O)OC(C)(C)C)[C@H]2c2ccccc2)ON1. The second-order valence-corrected chi connectivity index (χ2v) is 11.4. The van der Waals surface area contributed by atoms with Crippen molar-refractivity contribution in [2.24, 2.45) is 5.92 Å². The molecular weight excluding hydrogens is 480 g/mol. The van der Waals surface area contributed by atoms with Crippen LogP contribution in [0.1, 0.15) is 70.9 Å². The van der Waals surface area contributed by atoms with Crippen LogP contribution in [0.3, 0.4) is 0 Å².